The van der Waals surface area contributed by atoms with Gasteiger partial charge in [0.1, 0.15) is 18.0 Å². The first-order chi connectivity index (χ1) is 12.6. The Bertz CT molecular complexity index is 731. The van der Waals surface area contributed by atoms with Gasteiger partial charge in [0.15, 0.2) is 0 Å². The first-order valence-electron chi connectivity index (χ1n) is 9.28. The molecule has 1 aromatic carbocycles. The molecule has 1 heterocycles. The highest BCUT2D eigenvalue weighted by atomic mass is 16.6. The molecule has 6 heteroatoms. The molecular weight excluding hydrogens is 346 g/mol. The summed E-state index contributed by atoms with van der Waals surface area (Å²) in [7, 11) is 0. The van der Waals surface area contributed by atoms with Crippen molar-refractivity contribution in [3.63, 3.8) is 0 Å². The lowest BCUT2D eigenvalue weighted by molar-refractivity contribution is -0.137. The Labute approximate surface area is 161 Å². The Morgan fingerprint density at radius 2 is 2.00 bits per heavy atom. The number of anilines is 1. The summed E-state index contributed by atoms with van der Waals surface area (Å²) in [5.41, 5.74) is 1.82. The molecule has 0 bridgehead atoms. The lowest BCUT2D eigenvalue weighted by atomic mass is 9.94. The van der Waals surface area contributed by atoms with Gasteiger partial charge in [-0.05, 0) is 56.9 Å². The van der Waals surface area contributed by atoms with Crippen molar-refractivity contribution in [2.24, 2.45) is 5.92 Å². The normalized spacial score (nSPS) is 14.5. The van der Waals surface area contributed by atoms with E-state index in [1.54, 1.807) is 11.8 Å². The molecule has 2 rings (SSSR count). The Morgan fingerprint density at radius 3 is 2.59 bits per heavy atom. The lowest BCUT2D eigenvalue weighted by Crippen LogP contribution is -2.41. The van der Waals surface area contributed by atoms with Gasteiger partial charge in [0.2, 0.25) is 0 Å². The van der Waals surface area contributed by atoms with Gasteiger partial charge in [0.05, 0.1) is 18.8 Å². The monoisotopic (exact) mass is 375 g/mol. The van der Waals surface area contributed by atoms with Crippen LogP contribution in [0.25, 0.3) is 5.57 Å². The standard InChI is InChI=1S/C21H29NO5/c1-7-25-19(23)13-16(14(2)3)15-8-9-17-18(12-15)26-11-10-22(17)20(24)27-21(4,5)6/h8-9,12-14H,7,10-11H2,1-6H3/b16-13-. The van der Waals surface area contributed by atoms with E-state index in [4.69, 9.17) is 14.2 Å². The summed E-state index contributed by atoms with van der Waals surface area (Å²) in [6, 6.07) is 5.57. The molecule has 0 unspecified atom stereocenters. The summed E-state index contributed by atoms with van der Waals surface area (Å²) in [5.74, 6) is 0.355. The van der Waals surface area contributed by atoms with Crippen LogP contribution in [0.3, 0.4) is 0 Å². The number of carbonyl (C=O) groups excluding carboxylic acids is 2. The highest BCUT2D eigenvalue weighted by Crippen LogP contribution is 2.36. The molecule has 0 fully saturated rings. The third-order valence-corrected chi connectivity index (χ3v) is 3.95. The highest BCUT2D eigenvalue weighted by Gasteiger charge is 2.28. The molecule has 1 aliphatic heterocycles. The number of hydrogen-bond acceptors (Lipinski definition) is 5. The Hall–Kier alpha value is -2.50. The molecule has 0 saturated carbocycles. The Morgan fingerprint density at radius 1 is 1.30 bits per heavy atom. The van der Waals surface area contributed by atoms with Gasteiger partial charge in [-0.3, -0.25) is 4.90 Å². The minimum absolute atomic E-state index is 0.123. The average molecular weight is 375 g/mol. The summed E-state index contributed by atoms with van der Waals surface area (Å²) >= 11 is 0. The van der Waals surface area contributed by atoms with E-state index >= 15 is 0 Å². The maximum atomic E-state index is 12.5. The number of allylic oxidation sites excluding steroid dienone is 1. The van der Waals surface area contributed by atoms with Crippen LogP contribution in [0.5, 0.6) is 5.75 Å². The number of hydrogen-bond donors (Lipinski definition) is 0. The molecule has 0 atom stereocenters. The van der Waals surface area contributed by atoms with Crippen LogP contribution in [-0.2, 0) is 14.3 Å². The van der Waals surface area contributed by atoms with Crippen molar-refractivity contribution in [3.8, 4) is 5.75 Å². The number of amides is 1. The Kier molecular flexibility index (Phi) is 6.52. The fourth-order valence-electron chi connectivity index (χ4n) is 2.80. The largest absolute Gasteiger partial charge is 0.490 e. The number of esters is 1. The van der Waals surface area contributed by atoms with E-state index in [1.807, 2.05) is 52.8 Å². The van der Waals surface area contributed by atoms with Crippen molar-refractivity contribution < 1.29 is 23.8 Å². The van der Waals surface area contributed by atoms with Gasteiger partial charge in [0.25, 0.3) is 0 Å². The predicted octanol–water partition coefficient (Wildman–Crippen LogP) is 4.42. The molecule has 1 aromatic rings. The maximum Gasteiger partial charge on any atom is 0.415 e. The fourth-order valence-corrected chi connectivity index (χ4v) is 2.80. The van der Waals surface area contributed by atoms with E-state index in [0.717, 1.165) is 11.1 Å². The topological polar surface area (TPSA) is 65.1 Å². The van der Waals surface area contributed by atoms with Crippen LogP contribution >= 0.6 is 0 Å². The second-order valence-corrected chi connectivity index (χ2v) is 7.67. The van der Waals surface area contributed by atoms with Crippen molar-refractivity contribution >= 4 is 23.3 Å². The molecule has 27 heavy (non-hydrogen) atoms. The van der Waals surface area contributed by atoms with Crippen LogP contribution in [0.1, 0.15) is 47.1 Å². The zero-order valence-electron chi connectivity index (χ0n) is 17.0. The molecular formula is C21H29NO5. The van der Waals surface area contributed by atoms with E-state index < -0.39 is 11.7 Å². The fraction of sp³-hybridized carbons (Fsp3) is 0.524. The SMILES string of the molecule is CCOC(=O)/C=C(\c1ccc2c(c1)OCCN2C(=O)OC(C)(C)C)C(C)C. The van der Waals surface area contributed by atoms with Crippen LogP contribution in [0.4, 0.5) is 10.5 Å². The van der Waals surface area contributed by atoms with Crippen LogP contribution in [0.2, 0.25) is 0 Å². The van der Waals surface area contributed by atoms with Crippen molar-refractivity contribution in [2.75, 3.05) is 24.7 Å². The van der Waals surface area contributed by atoms with Gasteiger partial charge in [0, 0.05) is 6.08 Å². The van der Waals surface area contributed by atoms with E-state index in [1.165, 1.54) is 6.08 Å². The lowest BCUT2D eigenvalue weighted by Gasteiger charge is -2.32. The predicted molar refractivity (Wildman–Crippen MR) is 105 cm³/mol. The molecule has 0 spiro atoms. The van der Waals surface area contributed by atoms with Crippen molar-refractivity contribution in [3.05, 3.63) is 29.8 Å². The molecule has 0 aliphatic carbocycles. The van der Waals surface area contributed by atoms with Crippen LogP contribution < -0.4 is 9.64 Å². The number of nitrogens with zero attached hydrogens (tertiary/aromatic N) is 1. The van der Waals surface area contributed by atoms with E-state index in [0.29, 0.717) is 31.2 Å². The van der Waals surface area contributed by atoms with Crippen LogP contribution in [0, 0.1) is 5.92 Å². The van der Waals surface area contributed by atoms with E-state index in [-0.39, 0.29) is 11.9 Å². The molecule has 6 nitrogen and oxygen atoms in total. The zero-order chi connectivity index (χ0) is 20.2. The molecule has 1 aliphatic rings. The second kappa shape index (κ2) is 8.46. The average Bonchev–Trinajstić information content (AvgIpc) is 2.57. The first-order valence-corrected chi connectivity index (χ1v) is 9.28. The van der Waals surface area contributed by atoms with Crippen LogP contribution in [-0.4, -0.2) is 37.4 Å². The van der Waals surface area contributed by atoms with Gasteiger partial charge in [-0.15, -0.1) is 0 Å². The van der Waals surface area contributed by atoms with E-state index in [9.17, 15) is 9.59 Å². The van der Waals surface area contributed by atoms with Crippen molar-refractivity contribution in [2.45, 2.75) is 47.1 Å². The van der Waals surface area contributed by atoms with Gasteiger partial charge in [-0.25, -0.2) is 9.59 Å². The van der Waals surface area contributed by atoms with Crippen LogP contribution in [0.15, 0.2) is 24.3 Å². The summed E-state index contributed by atoms with van der Waals surface area (Å²) in [5, 5.41) is 0. The molecule has 0 N–H and O–H groups in total. The smallest absolute Gasteiger partial charge is 0.415 e. The molecule has 0 saturated heterocycles. The minimum atomic E-state index is -0.567. The Balaban J connectivity index is 2.34. The number of benzene rings is 1. The number of ether oxygens (including phenoxy) is 3. The van der Waals surface area contributed by atoms with Gasteiger partial charge in [-0.1, -0.05) is 19.9 Å². The van der Waals surface area contributed by atoms with Gasteiger partial charge < -0.3 is 14.2 Å². The highest BCUT2D eigenvalue weighted by molar-refractivity contribution is 5.94. The summed E-state index contributed by atoms with van der Waals surface area (Å²) in [4.78, 5) is 26.0. The number of carbonyl (C=O) groups is 2. The third-order valence-electron chi connectivity index (χ3n) is 3.95. The minimum Gasteiger partial charge on any atom is -0.490 e. The second-order valence-electron chi connectivity index (χ2n) is 7.67. The first kappa shape index (κ1) is 20.8. The zero-order valence-corrected chi connectivity index (χ0v) is 17.0. The molecule has 148 valence electrons. The summed E-state index contributed by atoms with van der Waals surface area (Å²) < 4.78 is 16.3. The molecule has 0 aromatic heterocycles. The molecule has 1 amide bonds. The summed E-state index contributed by atoms with van der Waals surface area (Å²) in [6.07, 6.45) is 1.12. The van der Waals surface area contributed by atoms with Crippen molar-refractivity contribution in [1.82, 2.24) is 0 Å². The van der Waals surface area contributed by atoms with Gasteiger partial charge >= 0.3 is 12.1 Å². The van der Waals surface area contributed by atoms with E-state index in [2.05, 4.69) is 0 Å². The number of rotatable bonds is 4. The number of fused-ring (bicyclic) bond motifs is 1. The quantitative estimate of drug-likeness (QED) is 0.576. The summed E-state index contributed by atoms with van der Waals surface area (Å²) in [6.45, 7) is 12.5. The molecule has 0 radical (unpaired) electrons. The van der Waals surface area contributed by atoms with Crippen molar-refractivity contribution in [1.29, 1.82) is 0 Å². The third kappa shape index (κ3) is 5.49. The maximum absolute atomic E-state index is 12.5. The van der Waals surface area contributed by atoms with Gasteiger partial charge in [-0.2, -0.15) is 0 Å².